The second kappa shape index (κ2) is 9.22. The number of carbonyl (C=O) groups is 1. The van der Waals surface area contributed by atoms with Gasteiger partial charge in [-0.25, -0.2) is 13.2 Å². The van der Waals surface area contributed by atoms with Crippen molar-refractivity contribution in [2.75, 3.05) is 13.1 Å². The van der Waals surface area contributed by atoms with Crippen LogP contribution in [0.4, 0.5) is 0 Å². The van der Waals surface area contributed by atoms with Gasteiger partial charge in [0.05, 0.1) is 10.5 Å². The first kappa shape index (κ1) is 22.2. The number of rotatable bonds is 6. The van der Waals surface area contributed by atoms with Crippen molar-refractivity contribution < 1.29 is 22.4 Å². The summed E-state index contributed by atoms with van der Waals surface area (Å²) in [5, 5.41) is 8.01. The molecule has 0 radical (unpaired) electrons. The van der Waals surface area contributed by atoms with Crippen LogP contribution < -0.4 is 0 Å². The molecule has 0 N–H and O–H groups in total. The first-order chi connectivity index (χ1) is 15.3. The van der Waals surface area contributed by atoms with Crippen LogP contribution in [0.3, 0.4) is 0 Å². The molecule has 0 aliphatic carbocycles. The standard InChI is InChI=1S/C23H25N3O5S/c1-16-9-11-18(12-10-16)22-25-24-21(31-22)17(2)30-23(27)19-7-6-8-20(15-19)32(28,29)26-13-4-3-5-14-26/h6-12,15,17H,3-5,13-14H2,1-2H3. The van der Waals surface area contributed by atoms with Gasteiger partial charge in [0.1, 0.15) is 0 Å². The van der Waals surface area contributed by atoms with Crippen LogP contribution in [0.25, 0.3) is 11.5 Å². The number of benzene rings is 2. The maximum Gasteiger partial charge on any atom is 0.338 e. The Balaban J connectivity index is 1.47. The van der Waals surface area contributed by atoms with E-state index in [4.69, 9.17) is 9.15 Å². The summed E-state index contributed by atoms with van der Waals surface area (Å²) in [6, 6.07) is 13.5. The minimum atomic E-state index is -3.64. The van der Waals surface area contributed by atoms with E-state index in [1.54, 1.807) is 13.0 Å². The van der Waals surface area contributed by atoms with Gasteiger partial charge in [-0.2, -0.15) is 4.31 Å². The van der Waals surface area contributed by atoms with Crippen molar-refractivity contribution in [2.24, 2.45) is 0 Å². The Hall–Kier alpha value is -3.04. The summed E-state index contributed by atoms with van der Waals surface area (Å²) in [6.45, 7) is 4.60. The number of aryl methyl sites for hydroxylation is 1. The fraction of sp³-hybridized carbons (Fsp3) is 0.348. The number of sulfonamides is 1. The highest BCUT2D eigenvalue weighted by molar-refractivity contribution is 7.89. The molecule has 1 aromatic heterocycles. The average Bonchev–Trinajstić information content (AvgIpc) is 3.31. The molecular weight excluding hydrogens is 430 g/mol. The van der Waals surface area contributed by atoms with Crippen molar-refractivity contribution in [1.29, 1.82) is 0 Å². The van der Waals surface area contributed by atoms with E-state index in [1.807, 2.05) is 31.2 Å². The monoisotopic (exact) mass is 455 g/mol. The van der Waals surface area contributed by atoms with Crippen LogP contribution in [-0.2, 0) is 14.8 Å². The van der Waals surface area contributed by atoms with Crippen LogP contribution in [0.15, 0.2) is 57.8 Å². The summed E-state index contributed by atoms with van der Waals surface area (Å²) in [4.78, 5) is 12.8. The molecule has 32 heavy (non-hydrogen) atoms. The van der Waals surface area contributed by atoms with E-state index in [0.29, 0.717) is 19.0 Å². The highest BCUT2D eigenvalue weighted by atomic mass is 32.2. The van der Waals surface area contributed by atoms with Gasteiger partial charge in [-0.05, 0) is 57.0 Å². The molecule has 1 saturated heterocycles. The van der Waals surface area contributed by atoms with E-state index in [2.05, 4.69) is 10.2 Å². The Labute approximate surface area is 187 Å². The zero-order valence-corrected chi connectivity index (χ0v) is 18.8. The Morgan fingerprint density at radius 2 is 1.78 bits per heavy atom. The van der Waals surface area contributed by atoms with Gasteiger partial charge in [0.15, 0.2) is 6.10 Å². The van der Waals surface area contributed by atoms with Crippen molar-refractivity contribution in [3.05, 3.63) is 65.5 Å². The van der Waals surface area contributed by atoms with Crippen molar-refractivity contribution in [3.8, 4) is 11.5 Å². The van der Waals surface area contributed by atoms with Crippen molar-refractivity contribution in [1.82, 2.24) is 14.5 Å². The normalized spacial score (nSPS) is 15.9. The van der Waals surface area contributed by atoms with Crippen LogP contribution >= 0.6 is 0 Å². The zero-order valence-electron chi connectivity index (χ0n) is 18.0. The number of piperidine rings is 1. The molecule has 0 spiro atoms. The van der Waals surface area contributed by atoms with E-state index in [9.17, 15) is 13.2 Å². The molecule has 2 aromatic carbocycles. The summed E-state index contributed by atoms with van der Waals surface area (Å²) in [5.41, 5.74) is 2.03. The molecule has 0 amide bonds. The molecule has 1 fully saturated rings. The third-order valence-electron chi connectivity index (χ3n) is 5.39. The van der Waals surface area contributed by atoms with Crippen LogP contribution in [-0.4, -0.2) is 42.0 Å². The van der Waals surface area contributed by atoms with Gasteiger partial charge in [0, 0.05) is 18.7 Å². The minimum Gasteiger partial charge on any atom is -0.449 e. The predicted octanol–water partition coefficient (Wildman–Crippen LogP) is 4.14. The molecular formula is C23H25N3O5S. The predicted molar refractivity (Wildman–Crippen MR) is 117 cm³/mol. The first-order valence-electron chi connectivity index (χ1n) is 10.6. The number of carbonyl (C=O) groups excluding carboxylic acids is 1. The van der Waals surface area contributed by atoms with Crippen molar-refractivity contribution >= 4 is 16.0 Å². The Morgan fingerprint density at radius 1 is 1.06 bits per heavy atom. The topological polar surface area (TPSA) is 103 Å². The molecule has 9 heteroatoms. The Morgan fingerprint density at radius 3 is 2.50 bits per heavy atom. The van der Waals surface area contributed by atoms with Gasteiger partial charge in [0.2, 0.25) is 15.9 Å². The van der Waals surface area contributed by atoms with E-state index in [-0.39, 0.29) is 16.3 Å². The molecule has 1 unspecified atom stereocenters. The van der Waals surface area contributed by atoms with Gasteiger partial charge in [-0.3, -0.25) is 0 Å². The summed E-state index contributed by atoms with van der Waals surface area (Å²) in [5.74, 6) is -0.174. The van der Waals surface area contributed by atoms with Gasteiger partial charge in [-0.1, -0.05) is 30.2 Å². The average molecular weight is 456 g/mol. The summed E-state index contributed by atoms with van der Waals surface area (Å²) < 4.78 is 38.4. The number of ether oxygens (including phenoxy) is 1. The smallest absolute Gasteiger partial charge is 0.338 e. The van der Waals surface area contributed by atoms with Crippen molar-refractivity contribution in [2.45, 2.75) is 44.1 Å². The SMILES string of the molecule is Cc1ccc(-c2nnc(C(C)OC(=O)c3cccc(S(=O)(=O)N4CCCCC4)c3)o2)cc1. The van der Waals surface area contributed by atoms with Gasteiger partial charge >= 0.3 is 5.97 Å². The maximum absolute atomic E-state index is 12.9. The van der Waals surface area contributed by atoms with E-state index in [1.165, 1.54) is 22.5 Å². The molecule has 1 aliphatic heterocycles. The number of aromatic nitrogens is 2. The number of hydrogen-bond acceptors (Lipinski definition) is 7. The molecule has 1 aliphatic rings. The van der Waals surface area contributed by atoms with E-state index >= 15 is 0 Å². The molecule has 3 aromatic rings. The number of esters is 1. The summed E-state index contributed by atoms with van der Waals surface area (Å²) in [6.07, 6.45) is 1.91. The number of nitrogens with zero attached hydrogens (tertiary/aromatic N) is 3. The fourth-order valence-electron chi connectivity index (χ4n) is 3.53. The lowest BCUT2D eigenvalue weighted by molar-refractivity contribution is 0.0279. The van der Waals surface area contributed by atoms with Crippen LogP contribution in [0.5, 0.6) is 0 Å². The Bertz CT molecular complexity index is 1200. The van der Waals surface area contributed by atoms with E-state index < -0.39 is 22.1 Å². The summed E-state index contributed by atoms with van der Waals surface area (Å²) >= 11 is 0. The lowest BCUT2D eigenvalue weighted by atomic mass is 10.1. The van der Waals surface area contributed by atoms with Gasteiger partial charge in [0.25, 0.3) is 5.89 Å². The second-order valence-electron chi connectivity index (χ2n) is 7.85. The van der Waals surface area contributed by atoms with Crippen LogP contribution in [0.2, 0.25) is 0 Å². The third kappa shape index (κ3) is 4.73. The maximum atomic E-state index is 12.9. The largest absolute Gasteiger partial charge is 0.449 e. The third-order valence-corrected chi connectivity index (χ3v) is 7.29. The molecule has 168 valence electrons. The molecule has 2 heterocycles. The van der Waals surface area contributed by atoms with E-state index in [0.717, 1.165) is 30.4 Å². The zero-order chi connectivity index (χ0) is 22.7. The quantitative estimate of drug-likeness (QED) is 0.515. The van der Waals surface area contributed by atoms with Crippen LogP contribution in [0, 0.1) is 6.92 Å². The first-order valence-corrected chi connectivity index (χ1v) is 12.0. The summed E-state index contributed by atoms with van der Waals surface area (Å²) in [7, 11) is -3.64. The molecule has 0 bridgehead atoms. The molecule has 0 saturated carbocycles. The second-order valence-corrected chi connectivity index (χ2v) is 9.79. The molecule has 4 rings (SSSR count). The number of hydrogen-bond donors (Lipinski definition) is 0. The van der Waals surface area contributed by atoms with Crippen molar-refractivity contribution in [3.63, 3.8) is 0 Å². The Kier molecular flexibility index (Phi) is 6.38. The highest BCUT2D eigenvalue weighted by Gasteiger charge is 2.27. The lowest BCUT2D eigenvalue weighted by Crippen LogP contribution is -2.35. The fourth-order valence-corrected chi connectivity index (χ4v) is 5.09. The lowest BCUT2D eigenvalue weighted by Gasteiger charge is -2.26. The molecule has 8 nitrogen and oxygen atoms in total. The van der Waals surface area contributed by atoms with Gasteiger partial charge < -0.3 is 9.15 Å². The van der Waals surface area contributed by atoms with Gasteiger partial charge in [-0.15, -0.1) is 10.2 Å². The highest BCUT2D eigenvalue weighted by Crippen LogP contribution is 2.25. The van der Waals surface area contributed by atoms with Crippen LogP contribution in [0.1, 0.15) is 54.1 Å². The molecule has 1 atom stereocenters. The minimum absolute atomic E-state index is 0.0842.